The summed E-state index contributed by atoms with van der Waals surface area (Å²) >= 11 is 0. The van der Waals surface area contributed by atoms with Crippen LogP contribution in [0.3, 0.4) is 0 Å². The third-order valence-corrected chi connectivity index (χ3v) is 3.21. The topological polar surface area (TPSA) is 62.5 Å². The van der Waals surface area contributed by atoms with Crippen molar-refractivity contribution in [3.05, 3.63) is 35.0 Å². The Morgan fingerprint density at radius 2 is 2.11 bits per heavy atom. The fourth-order valence-corrected chi connectivity index (χ4v) is 2.42. The van der Waals surface area contributed by atoms with Crippen LogP contribution in [-0.4, -0.2) is 27.4 Å². The number of carboxylic acids is 1. The zero-order valence-corrected chi connectivity index (χ0v) is 10.6. The minimum atomic E-state index is -0.906. The van der Waals surface area contributed by atoms with E-state index in [9.17, 15) is 4.79 Å². The van der Waals surface area contributed by atoms with Crippen molar-refractivity contribution in [2.24, 2.45) is 0 Å². The molecule has 0 saturated carbocycles. The average molecular weight is 247 g/mol. The van der Waals surface area contributed by atoms with E-state index in [1.165, 1.54) is 0 Å². The van der Waals surface area contributed by atoms with E-state index < -0.39 is 5.97 Å². The van der Waals surface area contributed by atoms with Crippen molar-refractivity contribution >= 4 is 16.9 Å². The lowest BCUT2D eigenvalue weighted by Gasteiger charge is -2.06. The number of aryl methyl sites for hydroxylation is 2. The maximum atomic E-state index is 11.1. The fraction of sp³-hybridized carbons (Fsp3) is 0.357. The average Bonchev–Trinajstić information content (AvgIpc) is 2.68. The van der Waals surface area contributed by atoms with Crippen LogP contribution < -0.4 is 0 Å². The highest BCUT2D eigenvalue weighted by molar-refractivity contribution is 5.96. The van der Waals surface area contributed by atoms with Crippen LogP contribution in [0.1, 0.15) is 28.4 Å². The molecule has 0 unspecified atom stereocenters. The summed E-state index contributed by atoms with van der Waals surface area (Å²) in [6.07, 6.45) is 2.84. The Labute approximate surface area is 105 Å². The van der Waals surface area contributed by atoms with Crippen LogP contribution in [0.25, 0.3) is 10.9 Å². The molecule has 0 aliphatic heterocycles. The van der Waals surface area contributed by atoms with E-state index in [0.29, 0.717) is 12.1 Å². The number of benzene rings is 1. The van der Waals surface area contributed by atoms with Gasteiger partial charge in [-0.15, -0.1) is 0 Å². The summed E-state index contributed by atoms with van der Waals surface area (Å²) in [5.41, 5.74) is 3.38. The number of aromatic carboxylic acids is 1. The molecule has 0 atom stereocenters. The number of aliphatic hydroxyl groups is 1. The molecular formula is C14H17NO3. The van der Waals surface area contributed by atoms with Gasteiger partial charge in [0.2, 0.25) is 0 Å². The largest absolute Gasteiger partial charge is 0.478 e. The number of hydrogen-bond acceptors (Lipinski definition) is 2. The quantitative estimate of drug-likeness (QED) is 0.870. The first-order valence-corrected chi connectivity index (χ1v) is 6.05. The predicted molar refractivity (Wildman–Crippen MR) is 70.1 cm³/mol. The van der Waals surface area contributed by atoms with Crippen molar-refractivity contribution in [3.63, 3.8) is 0 Å². The molecule has 4 heteroatoms. The molecule has 0 radical (unpaired) electrons. The van der Waals surface area contributed by atoms with Crippen LogP contribution in [0.2, 0.25) is 0 Å². The van der Waals surface area contributed by atoms with E-state index in [1.54, 1.807) is 12.1 Å². The van der Waals surface area contributed by atoms with Crippen LogP contribution in [-0.2, 0) is 13.0 Å². The number of nitrogens with zero attached hydrogens (tertiary/aromatic N) is 1. The highest BCUT2D eigenvalue weighted by Crippen LogP contribution is 2.26. The Kier molecular flexibility index (Phi) is 3.39. The van der Waals surface area contributed by atoms with Gasteiger partial charge in [-0.3, -0.25) is 0 Å². The summed E-state index contributed by atoms with van der Waals surface area (Å²) in [7, 11) is 0. The van der Waals surface area contributed by atoms with Crippen molar-refractivity contribution in [2.45, 2.75) is 26.8 Å². The Balaban J connectivity index is 2.74. The molecule has 0 spiro atoms. The maximum Gasteiger partial charge on any atom is 0.335 e. The second-order valence-electron chi connectivity index (χ2n) is 4.42. The zero-order chi connectivity index (χ0) is 13.3. The van der Waals surface area contributed by atoms with Crippen LogP contribution in [0, 0.1) is 6.92 Å². The van der Waals surface area contributed by atoms with Gasteiger partial charge in [-0.2, -0.15) is 0 Å². The molecule has 0 bridgehead atoms. The molecule has 2 aromatic rings. The normalized spacial score (nSPS) is 11.1. The van der Waals surface area contributed by atoms with Gasteiger partial charge in [0.05, 0.1) is 17.7 Å². The third kappa shape index (κ3) is 1.99. The number of aliphatic hydroxyl groups excluding tert-OH is 1. The smallest absolute Gasteiger partial charge is 0.335 e. The van der Waals surface area contributed by atoms with Gasteiger partial charge in [0, 0.05) is 18.1 Å². The van der Waals surface area contributed by atoms with Gasteiger partial charge in [0.15, 0.2) is 0 Å². The summed E-state index contributed by atoms with van der Waals surface area (Å²) < 4.78 is 2.00. The molecule has 18 heavy (non-hydrogen) atoms. The second kappa shape index (κ2) is 4.82. The minimum absolute atomic E-state index is 0.0764. The standard InChI is InChI=1S/C14H17NO3/c1-3-10-8-15(4-5-16)13-9(2)6-11(14(17)18)7-12(10)13/h6-8,16H,3-5H2,1-2H3,(H,17,18). The SMILES string of the molecule is CCc1cn(CCO)c2c(C)cc(C(=O)O)cc12. The van der Waals surface area contributed by atoms with Crippen molar-refractivity contribution in [1.29, 1.82) is 0 Å². The highest BCUT2D eigenvalue weighted by Gasteiger charge is 2.13. The lowest BCUT2D eigenvalue weighted by Crippen LogP contribution is -2.02. The molecule has 96 valence electrons. The molecule has 0 aliphatic rings. The van der Waals surface area contributed by atoms with Crippen LogP contribution in [0.4, 0.5) is 0 Å². The number of carboxylic acid groups (broad SMARTS) is 1. The summed E-state index contributed by atoms with van der Waals surface area (Å²) in [6, 6.07) is 3.40. The molecule has 1 aromatic heterocycles. The summed E-state index contributed by atoms with van der Waals surface area (Å²) in [4.78, 5) is 11.1. The number of rotatable bonds is 4. The van der Waals surface area contributed by atoms with E-state index in [4.69, 9.17) is 10.2 Å². The Morgan fingerprint density at radius 1 is 1.39 bits per heavy atom. The molecule has 1 aromatic carbocycles. The number of aromatic nitrogens is 1. The molecule has 4 nitrogen and oxygen atoms in total. The van der Waals surface area contributed by atoms with Crippen molar-refractivity contribution in [1.82, 2.24) is 4.57 Å². The molecular weight excluding hydrogens is 230 g/mol. The number of carbonyl (C=O) groups is 1. The minimum Gasteiger partial charge on any atom is -0.478 e. The van der Waals surface area contributed by atoms with Gasteiger partial charge in [0.25, 0.3) is 0 Å². The van der Waals surface area contributed by atoms with E-state index in [0.717, 1.165) is 28.5 Å². The Morgan fingerprint density at radius 3 is 2.67 bits per heavy atom. The van der Waals surface area contributed by atoms with E-state index in [1.807, 2.05) is 24.6 Å². The van der Waals surface area contributed by atoms with Crippen molar-refractivity contribution < 1.29 is 15.0 Å². The Hall–Kier alpha value is -1.81. The van der Waals surface area contributed by atoms with E-state index in [2.05, 4.69) is 0 Å². The van der Waals surface area contributed by atoms with Gasteiger partial charge < -0.3 is 14.8 Å². The zero-order valence-electron chi connectivity index (χ0n) is 10.6. The first-order chi connectivity index (χ1) is 8.58. The van der Waals surface area contributed by atoms with Crippen LogP contribution in [0.5, 0.6) is 0 Å². The molecule has 0 amide bonds. The van der Waals surface area contributed by atoms with Crippen molar-refractivity contribution in [3.8, 4) is 0 Å². The van der Waals surface area contributed by atoms with Gasteiger partial charge in [-0.05, 0) is 36.6 Å². The Bertz CT molecular complexity index is 599. The van der Waals surface area contributed by atoms with Crippen molar-refractivity contribution in [2.75, 3.05) is 6.61 Å². The van der Waals surface area contributed by atoms with E-state index >= 15 is 0 Å². The third-order valence-electron chi connectivity index (χ3n) is 3.21. The number of fused-ring (bicyclic) bond motifs is 1. The molecule has 2 rings (SSSR count). The molecule has 0 saturated heterocycles. The summed E-state index contributed by atoms with van der Waals surface area (Å²) in [5, 5.41) is 19.2. The molecule has 0 fully saturated rings. The highest BCUT2D eigenvalue weighted by atomic mass is 16.4. The van der Waals surface area contributed by atoms with Gasteiger partial charge >= 0.3 is 5.97 Å². The molecule has 1 heterocycles. The maximum absolute atomic E-state index is 11.1. The van der Waals surface area contributed by atoms with Crippen LogP contribution >= 0.6 is 0 Å². The van der Waals surface area contributed by atoms with Gasteiger partial charge in [-0.25, -0.2) is 4.79 Å². The second-order valence-corrected chi connectivity index (χ2v) is 4.42. The number of hydrogen-bond donors (Lipinski definition) is 2. The molecule has 2 N–H and O–H groups in total. The fourth-order valence-electron chi connectivity index (χ4n) is 2.42. The van der Waals surface area contributed by atoms with Crippen LogP contribution in [0.15, 0.2) is 18.3 Å². The predicted octanol–water partition coefficient (Wildman–Crippen LogP) is 2.20. The van der Waals surface area contributed by atoms with Gasteiger partial charge in [-0.1, -0.05) is 6.92 Å². The van der Waals surface area contributed by atoms with Gasteiger partial charge in [0.1, 0.15) is 0 Å². The molecule has 0 aliphatic carbocycles. The lowest BCUT2D eigenvalue weighted by molar-refractivity contribution is 0.0697. The summed E-state index contributed by atoms with van der Waals surface area (Å²) in [5.74, 6) is -0.906. The monoisotopic (exact) mass is 247 g/mol. The first kappa shape index (κ1) is 12.6. The van der Waals surface area contributed by atoms with E-state index in [-0.39, 0.29) is 6.61 Å². The lowest BCUT2D eigenvalue weighted by atomic mass is 10.0. The summed E-state index contributed by atoms with van der Waals surface area (Å²) in [6.45, 7) is 4.56. The first-order valence-electron chi connectivity index (χ1n) is 6.05.